The van der Waals surface area contributed by atoms with Crippen LogP contribution in [0.15, 0.2) is 45.7 Å². The third kappa shape index (κ3) is 4.37. The second kappa shape index (κ2) is 8.33. The predicted molar refractivity (Wildman–Crippen MR) is 102 cm³/mol. The largest absolute Gasteiger partial charge is 0.418 e. The highest BCUT2D eigenvalue weighted by Gasteiger charge is 2.33. The summed E-state index contributed by atoms with van der Waals surface area (Å²) in [7, 11) is 0. The summed E-state index contributed by atoms with van der Waals surface area (Å²) in [5, 5.41) is 13.4. The van der Waals surface area contributed by atoms with Crippen molar-refractivity contribution in [1.82, 2.24) is 9.55 Å². The Kier molecular flexibility index (Phi) is 6.06. The number of carbonyl (C=O) groups excluding carboxylic acids is 1. The van der Waals surface area contributed by atoms with Gasteiger partial charge in [-0.25, -0.2) is 4.98 Å². The van der Waals surface area contributed by atoms with Crippen LogP contribution in [0.25, 0.3) is 10.2 Å². The number of amides is 1. The van der Waals surface area contributed by atoms with Crippen LogP contribution in [0.5, 0.6) is 0 Å². The van der Waals surface area contributed by atoms with Gasteiger partial charge in [0.05, 0.1) is 35.7 Å². The number of fused-ring (bicyclic) bond motifs is 1. The van der Waals surface area contributed by atoms with Gasteiger partial charge in [-0.15, -0.1) is 11.3 Å². The number of hydrogen-bond acceptors (Lipinski definition) is 6. The van der Waals surface area contributed by atoms with Crippen molar-refractivity contribution < 1.29 is 23.1 Å². The summed E-state index contributed by atoms with van der Waals surface area (Å²) in [6, 6.07) is 6.34. The molecule has 28 heavy (non-hydrogen) atoms. The van der Waals surface area contributed by atoms with E-state index in [0.29, 0.717) is 10.2 Å². The van der Waals surface area contributed by atoms with Gasteiger partial charge in [-0.3, -0.25) is 14.2 Å². The Balaban J connectivity index is 1.79. The lowest BCUT2D eigenvalue weighted by molar-refractivity contribution is -0.137. The number of nitrogens with one attached hydrogen (secondary N) is 1. The minimum Gasteiger partial charge on any atom is -0.395 e. The maximum Gasteiger partial charge on any atom is 0.418 e. The Morgan fingerprint density at radius 2 is 2.04 bits per heavy atom. The van der Waals surface area contributed by atoms with E-state index in [-0.39, 0.29) is 35.3 Å². The van der Waals surface area contributed by atoms with Crippen LogP contribution in [0.4, 0.5) is 18.9 Å². The lowest BCUT2D eigenvalue weighted by Crippen LogP contribution is -2.25. The number of aliphatic hydroxyl groups excluding tert-OH is 1. The van der Waals surface area contributed by atoms with E-state index in [1.165, 1.54) is 34.1 Å². The molecule has 0 saturated heterocycles. The van der Waals surface area contributed by atoms with Gasteiger partial charge in [0.15, 0.2) is 5.16 Å². The van der Waals surface area contributed by atoms with Crippen LogP contribution >= 0.6 is 23.1 Å². The van der Waals surface area contributed by atoms with Crippen molar-refractivity contribution >= 4 is 44.9 Å². The average Bonchev–Trinajstić information content (AvgIpc) is 3.11. The quantitative estimate of drug-likeness (QED) is 0.464. The number of aromatic nitrogens is 2. The fourth-order valence-corrected chi connectivity index (χ4v) is 4.09. The van der Waals surface area contributed by atoms with Crippen LogP contribution in [-0.2, 0) is 17.5 Å². The molecule has 6 nitrogen and oxygen atoms in total. The van der Waals surface area contributed by atoms with Crippen molar-refractivity contribution in [2.75, 3.05) is 17.7 Å². The molecule has 0 bridgehead atoms. The number of nitrogens with zero attached hydrogens (tertiary/aromatic N) is 2. The van der Waals surface area contributed by atoms with Crippen molar-refractivity contribution in [2.45, 2.75) is 17.9 Å². The molecule has 0 saturated carbocycles. The molecular formula is C17H14F3N3O3S2. The minimum atomic E-state index is -4.59. The summed E-state index contributed by atoms with van der Waals surface area (Å²) in [5.74, 6) is -0.920. The smallest absolute Gasteiger partial charge is 0.395 e. The molecule has 0 aliphatic carbocycles. The highest BCUT2D eigenvalue weighted by atomic mass is 32.2. The third-order valence-electron chi connectivity index (χ3n) is 3.69. The summed E-state index contributed by atoms with van der Waals surface area (Å²) >= 11 is 2.13. The maximum absolute atomic E-state index is 13.0. The van der Waals surface area contributed by atoms with E-state index in [4.69, 9.17) is 0 Å². The van der Waals surface area contributed by atoms with Gasteiger partial charge in [-0.2, -0.15) is 13.2 Å². The Hall–Kier alpha value is -2.37. The zero-order valence-electron chi connectivity index (χ0n) is 14.2. The van der Waals surface area contributed by atoms with Gasteiger partial charge in [0.1, 0.15) is 4.70 Å². The zero-order valence-corrected chi connectivity index (χ0v) is 15.8. The molecular weight excluding hydrogens is 415 g/mol. The number of thioether (sulfide) groups is 1. The summed E-state index contributed by atoms with van der Waals surface area (Å²) in [4.78, 5) is 29.0. The van der Waals surface area contributed by atoms with E-state index in [0.717, 1.165) is 17.8 Å². The molecule has 2 aromatic heterocycles. The summed E-state index contributed by atoms with van der Waals surface area (Å²) in [6.07, 6.45) is -4.59. The Bertz CT molecular complexity index is 1060. The fraction of sp³-hybridized carbons (Fsp3) is 0.235. The van der Waals surface area contributed by atoms with Crippen LogP contribution in [0.2, 0.25) is 0 Å². The van der Waals surface area contributed by atoms with Gasteiger partial charge in [0.2, 0.25) is 5.91 Å². The number of alkyl halides is 3. The number of carbonyl (C=O) groups is 1. The molecule has 11 heteroatoms. The van der Waals surface area contributed by atoms with E-state index in [1.54, 1.807) is 11.4 Å². The number of hydrogen-bond donors (Lipinski definition) is 2. The topological polar surface area (TPSA) is 84.2 Å². The summed E-state index contributed by atoms with van der Waals surface area (Å²) < 4.78 is 40.7. The lowest BCUT2D eigenvalue weighted by atomic mass is 10.1. The molecule has 3 rings (SSSR count). The third-order valence-corrected chi connectivity index (χ3v) is 5.56. The minimum absolute atomic E-state index is 0.000529. The zero-order chi connectivity index (χ0) is 20.3. The molecule has 148 valence electrons. The molecule has 0 aliphatic rings. The van der Waals surface area contributed by atoms with Gasteiger partial charge >= 0.3 is 6.18 Å². The molecule has 0 radical (unpaired) electrons. The van der Waals surface area contributed by atoms with Crippen molar-refractivity contribution in [2.24, 2.45) is 0 Å². The molecule has 0 unspecified atom stereocenters. The first-order chi connectivity index (χ1) is 13.3. The van der Waals surface area contributed by atoms with Gasteiger partial charge in [0, 0.05) is 0 Å². The highest BCUT2D eigenvalue weighted by molar-refractivity contribution is 7.99. The van der Waals surface area contributed by atoms with Crippen molar-refractivity contribution in [3.8, 4) is 0 Å². The average molecular weight is 429 g/mol. The number of anilines is 1. The Morgan fingerprint density at radius 1 is 1.29 bits per heavy atom. The SMILES string of the molecule is O=C(CSc1nc2ccsc2c(=O)n1CCO)Nc1ccccc1C(F)(F)F. The van der Waals surface area contributed by atoms with Crippen LogP contribution in [0, 0.1) is 0 Å². The van der Waals surface area contributed by atoms with Gasteiger partial charge in [-0.1, -0.05) is 23.9 Å². The molecule has 3 aromatic rings. The fourth-order valence-electron chi connectivity index (χ4n) is 2.49. The molecule has 1 amide bonds. The molecule has 1 aromatic carbocycles. The van der Waals surface area contributed by atoms with E-state index < -0.39 is 17.6 Å². The van der Waals surface area contributed by atoms with E-state index in [2.05, 4.69) is 10.3 Å². The monoisotopic (exact) mass is 429 g/mol. The molecule has 0 spiro atoms. The van der Waals surface area contributed by atoms with Crippen LogP contribution in [0.1, 0.15) is 5.56 Å². The Morgan fingerprint density at radius 3 is 2.75 bits per heavy atom. The summed E-state index contributed by atoms with van der Waals surface area (Å²) in [5.41, 5.74) is -1.15. The molecule has 2 N–H and O–H groups in total. The predicted octanol–water partition coefficient (Wildman–Crippen LogP) is 3.20. The molecule has 0 atom stereocenters. The van der Waals surface area contributed by atoms with Crippen LogP contribution in [0.3, 0.4) is 0 Å². The highest BCUT2D eigenvalue weighted by Crippen LogP contribution is 2.34. The van der Waals surface area contributed by atoms with E-state index in [9.17, 15) is 27.9 Å². The number of benzene rings is 1. The first-order valence-electron chi connectivity index (χ1n) is 7.99. The first-order valence-corrected chi connectivity index (χ1v) is 9.85. The number of aliphatic hydroxyl groups is 1. The number of para-hydroxylation sites is 1. The van der Waals surface area contributed by atoms with Crippen molar-refractivity contribution in [1.29, 1.82) is 0 Å². The van der Waals surface area contributed by atoms with Gasteiger partial charge in [0.25, 0.3) is 5.56 Å². The number of thiophene rings is 1. The van der Waals surface area contributed by atoms with Gasteiger partial charge < -0.3 is 10.4 Å². The lowest BCUT2D eigenvalue weighted by Gasteiger charge is -2.14. The Labute approximate surface area is 165 Å². The van der Waals surface area contributed by atoms with Crippen LogP contribution in [-0.4, -0.2) is 32.9 Å². The molecule has 0 fully saturated rings. The number of halogens is 3. The van der Waals surface area contributed by atoms with Gasteiger partial charge in [-0.05, 0) is 23.6 Å². The summed E-state index contributed by atoms with van der Waals surface area (Å²) in [6.45, 7) is -0.294. The first kappa shape index (κ1) is 20.4. The number of rotatable bonds is 6. The van der Waals surface area contributed by atoms with E-state index in [1.807, 2.05) is 0 Å². The second-order valence-electron chi connectivity index (χ2n) is 5.59. The molecule has 2 heterocycles. The van der Waals surface area contributed by atoms with Crippen LogP contribution < -0.4 is 10.9 Å². The maximum atomic E-state index is 13.0. The second-order valence-corrected chi connectivity index (χ2v) is 7.45. The van der Waals surface area contributed by atoms with Crippen molar-refractivity contribution in [3.05, 3.63) is 51.6 Å². The van der Waals surface area contributed by atoms with E-state index >= 15 is 0 Å². The normalized spacial score (nSPS) is 11.7. The van der Waals surface area contributed by atoms with Crippen molar-refractivity contribution in [3.63, 3.8) is 0 Å². The standard InChI is InChI=1S/C17H14F3N3O3S2/c18-17(19,20)10-3-1-2-4-11(10)21-13(25)9-28-16-22-12-5-8-27-14(12)15(26)23(16)6-7-24/h1-5,8,24H,6-7,9H2,(H,21,25). The molecule has 0 aliphatic heterocycles.